The van der Waals surface area contributed by atoms with Crippen molar-refractivity contribution < 1.29 is 14.3 Å². The number of ether oxygens (including phenoxy) is 1. The molecule has 1 N–H and O–H groups in total. The van der Waals surface area contributed by atoms with Crippen LogP contribution >= 0.6 is 23.1 Å². The molecule has 2 aromatic heterocycles. The van der Waals surface area contributed by atoms with Crippen molar-refractivity contribution in [3.63, 3.8) is 0 Å². The molecule has 178 valence electrons. The number of anilines is 1. The molecule has 1 unspecified atom stereocenters. The van der Waals surface area contributed by atoms with Gasteiger partial charge in [0.1, 0.15) is 15.9 Å². The number of rotatable bonds is 8. The van der Waals surface area contributed by atoms with Crippen molar-refractivity contribution in [2.24, 2.45) is 0 Å². The monoisotopic (exact) mass is 495 g/mol. The second-order valence-electron chi connectivity index (χ2n) is 8.14. The van der Waals surface area contributed by atoms with Crippen LogP contribution in [0.15, 0.2) is 41.4 Å². The third-order valence-electron chi connectivity index (χ3n) is 5.70. The number of aryl methyl sites for hydroxylation is 2. The van der Waals surface area contributed by atoms with Gasteiger partial charge in [-0.25, -0.2) is 14.8 Å². The van der Waals surface area contributed by atoms with Crippen LogP contribution in [0.1, 0.15) is 59.7 Å². The van der Waals surface area contributed by atoms with E-state index in [1.165, 1.54) is 28.0 Å². The average molecular weight is 496 g/mol. The van der Waals surface area contributed by atoms with Gasteiger partial charge >= 0.3 is 5.97 Å². The van der Waals surface area contributed by atoms with Crippen LogP contribution in [-0.2, 0) is 22.4 Å². The van der Waals surface area contributed by atoms with Gasteiger partial charge in [0.15, 0.2) is 0 Å². The first-order chi connectivity index (χ1) is 16.5. The molecular weight excluding hydrogens is 466 g/mol. The van der Waals surface area contributed by atoms with E-state index in [-0.39, 0.29) is 17.1 Å². The molecule has 8 heteroatoms. The molecule has 1 atom stereocenters. The SMILES string of the molecule is CCOC(=O)c1c(NC(=O)C(CC)Sc2cc(-c3ccccc3)nc(C)n2)sc2c1CCCC2. The van der Waals surface area contributed by atoms with Gasteiger partial charge in [-0.1, -0.05) is 49.0 Å². The van der Waals surface area contributed by atoms with Gasteiger partial charge in [0.2, 0.25) is 5.91 Å². The first-order valence-corrected chi connectivity index (χ1v) is 13.4. The number of hydrogen-bond donors (Lipinski definition) is 1. The van der Waals surface area contributed by atoms with Crippen molar-refractivity contribution in [1.82, 2.24) is 9.97 Å². The van der Waals surface area contributed by atoms with Gasteiger partial charge in [-0.2, -0.15) is 0 Å². The summed E-state index contributed by atoms with van der Waals surface area (Å²) in [5.74, 6) is 0.181. The minimum atomic E-state index is -0.355. The zero-order valence-electron chi connectivity index (χ0n) is 19.7. The summed E-state index contributed by atoms with van der Waals surface area (Å²) >= 11 is 2.94. The number of thiophene rings is 1. The molecule has 4 rings (SSSR count). The highest BCUT2D eigenvalue weighted by molar-refractivity contribution is 8.00. The van der Waals surface area contributed by atoms with Crippen molar-refractivity contribution >= 4 is 40.0 Å². The topological polar surface area (TPSA) is 81.2 Å². The summed E-state index contributed by atoms with van der Waals surface area (Å²) in [7, 11) is 0. The lowest BCUT2D eigenvalue weighted by Gasteiger charge is -2.15. The second-order valence-corrected chi connectivity index (χ2v) is 10.5. The standard InChI is InChI=1S/C26H29N3O3S2/c1-4-20(33-22-15-19(27-16(3)28-22)17-11-7-6-8-12-17)24(30)29-25-23(26(31)32-5-2)18-13-9-10-14-21(18)34-25/h6-8,11-12,15,20H,4-5,9-10,13-14H2,1-3H3,(H,29,30). The minimum Gasteiger partial charge on any atom is -0.462 e. The summed E-state index contributed by atoms with van der Waals surface area (Å²) in [6, 6.07) is 11.9. The van der Waals surface area contributed by atoms with Gasteiger partial charge in [0.25, 0.3) is 0 Å². The summed E-state index contributed by atoms with van der Waals surface area (Å²) in [6.45, 7) is 5.95. The van der Waals surface area contributed by atoms with Gasteiger partial charge in [-0.3, -0.25) is 4.79 Å². The van der Waals surface area contributed by atoms with Crippen LogP contribution in [0.2, 0.25) is 0 Å². The molecule has 3 aromatic rings. The molecule has 0 radical (unpaired) electrons. The van der Waals surface area contributed by atoms with Crippen molar-refractivity contribution in [2.45, 2.75) is 63.2 Å². The fourth-order valence-corrected chi connectivity index (χ4v) is 6.36. The number of thioether (sulfide) groups is 1. The lowest BCUT2D eigenvalue weighted by Crippen LogP contribution is -2.25. The van der Waals surface area contributed by atoms with E-state index in [9.17, 15) is 9.59 Å². The highest BCUT2D eigenvalue weighted by atomic mass is 32.2. The smallest absolute Gasteiger partial charge is 0.341 e. The molecule has 1 aromatic carbocycles. The molecule has 2 heterocycles. The van der Waals surface area contributed by atoms with Crippen LogP contribution in [0.25, 0.3) is 11.3 Å². The lowest BCUT2D eigenvalue weighted by atomic mass is 9.95. The van der Waals surface area contributed by atoms with E-state index >= 15 is 0 Å². The van der Waals surface area contributed by atoms with Crippen LogP contribution in [0.3, 0.4) is 0 Å². The van der Waals surface area contributed by atoms with Gasteiger partial charge in [-0.15, -0.1) is 11.3 Å². The number of hydrogen-bond acceptors (Lipinski definition) is 7. The van der Waals surface area contributed by atoms with Gasteiger partial charge in [0, 0.05) is 10.4 Å². The maximum atomic E-state index is 13.3. The number of carbonyl (C=O) groups is 2. The average Bonchev–Trinajstić information content (AvgIpc) is 3.20. The summed E-state index contributed by atoms with van der Waals surface area (Å²) in [5, 5.41) is 4.06. The predicted octanol–water partition coefficient (Wildman–Crippen LogP) is 6.08. The third-order valence-corrected chi connectivity index (χ3v) is 8.19. The quantitative estimate of drug-likeness (QED) is 0.232. The molecule has 0 aliphatic heterocycles. The van der Waals surface area contributed by atoms with Crippen LogP contribution in [0, 0.1) is 6.92 Å². The largest absolute Gasteiger partial charge is 0.462 e. The number of aromatic nitrogens is 2. The number of carbonyl (C=O) groups excluding carboxylic acids is 2. The lowest BCUT2D eigenvalue weighted by molar-refractivity contribution is -0.115. The first-order valence-electron chi connectivity index (χ1n) is 11.7. The maximum absolute atomic E-state index is 13.3. The van der Waals surface area contributed by atoms with E-state index < -0.39 is 0 Å². The number of benzene rings is 1. The zero-order chi connectivity index (χ0) is 24.1. The molecule has 0 bridgehead atoms. The van der Waals surface area contributed by atoms with E-state index in [0.29, 0.717) is 29.4 Å². The highest BCUT2D eigenvalue weighted by Crippen LogP contribution is 2.39. The summed E-state index contributed by atoms with van der Waals surface area (Å²) in [5.41, 5.74) is 3.43. The number of esters is 1. The van der Waals surface area contributed by atoms with Crippen LogP contribution in [-0.4, -0.2) is 33.7 Å². The fraction of sp³-hybridized carbons (Fsp3) is 0.385. The van der Waals surface area contributed by atoms with Crippen molar-refractivity contribution in [3.8, 4) is 11.3 Å². The Morgan fingerprint density at radius 2 is 1.91 bits per heavy atom. The van der Waals surface area contributed by atoms with E-state index in [2.05, 4.69) is 15.3 Å². The Bertz CT molecular complexity index is 1180. The van der Waals surface area contributed by atoms with Gasteiger partial charge in [0.05, 0.1) is 23.1 Å². The van der Waals surface area contributed by atoms with Crippen molar-refractivity contribution in [2.75, 3.05) is 11.9 Å². The van der Waals surface area contributed by atoms with E-state index in [0.717, 1.165) is 47.5 Å². The van der Waals surface area contributed by atoms with Gasteiger partial charge in [-0.05, 0) is 57.6 Å². The summed E-state index contributed by atoms with van der Waals surface area (Å²) in [6.07, 6.45) is 4.57. The Labute approximate surface area is 208 Å². The van der Waals surface area contributed by atoms with E-state index in [1.807, 2.05) is 50.2 Å². The van der Waals surface area contributed by atoms with E-state index in [1.54, 1.807) is 6.92 Å². The molecule has 1 aliphatic rings. The van der Waals surface area contributed by atoms with Crippen molar-refractivity contribution in [3.05, 3.63) is 58.2 Å². The molecule has 1 aliphatic carbocycles. The number of fused-ring (bicyclic) bond motifs is 1. The Morgan fingerprint density at radius 1 is 1.15 bits per heavy atom. The fourth-order valence-electron chi connectivity index (χ4n) is 4.09. The zero-order valence-corrected chi connectivity index (χ0v) is 21.4. The van der Waals surface area contributed by atoms with Crippen LogP contribution in [0.5, 0.6) is 0 Å². The van der Waals surface area contributed by atoms with Crippen molar-refractivity contribution in [1.29, 1.82) is 0 Å². The summed E-state index contributed by atoms with van der Waals surface area (Å²) < 4.78 is 5.32. The first kappa shape index (κ1) is 24.4. The van der Waals surface area contributed by atoms with Gasteiger partial charge < -0.3 is 10.1 Å². The van der Waals surface area contributed by atoms with Crippen LogP contribution in [0.4, 0.5) is 5.00 Å². The summed E-state index contributed by atoms with van der Waals surface area (Å²) in [4.78, 5) is 36.3. The predicted molar refractivity (Wildman–Crippen MR) is 138 cm³/mol. The third kappa shape index (κ3) is 5.50. The minimum absolute atomic E-state index is 0.130. The Balaban J connectivity index is 1.56. The molecule has 1 amide bonds. The molecule has 0 saturated carbocycles. The number of nitrogens with zero attached hydrogens (tertiary/aromatic N) is 2. The molecule has 0 spiro atoms. The number of nitrogens with one attached hydrogen (secondary N) is 1. The molecule has 0 fully saturated rings. The second kappa shape index (κ2) is 11.1. The maximum Gasteiger partial charge on any atom is 0.341 e. The Morgan fingerprint density at radius 3 is 2.65 bits per heavy atom. The Hall–Kier alpha value is -2.71. The number of amides is 1. The molecule has 34 heavy (non-hydrogen) atoms. The highest BCUT2D eigenvalue weighted by Gasteiger charge is 2.29. The normalized spacial score (nSPS) is 13.7. The Kier molecular flexibility index (Phi) is 8.00. The molecule has 0 saturated heterocycles. The van der Waals surface area contributed by atoms with Crippen LogP contribution < -0.4 is 5.32 Å². The molecule has 6 nitrogen and oxygen atoms in total. The molecular formula is C26H29N3O3S2. The van der Waals surface area contributed by atoms with E-state index in [4.69, 9.17) is 4.74 Å².